The summed E-state index contributed by atoms with van der Waals surface area (Å²) in [4.78, 5) is 90.1. The van der Waals surface area contributed by atoms with E-state index in [0.29, 0.717) is 22.3 Å². The van der Waals surface area contributed by atoms with Gasteiger partial charge in [-0.2, -0.15) is 0 Å². The van der Waals surface area contributed by atoms with Crippen molar-refractivity contribution in [3.63, 3.8) is 0 Å². The Labute approximate surface area is 415 Å². The first-order valence-corrected chi connectivity index (χ1v) is 23.2. The van der Waals surface area contributed by atoms with Crippen molar-refractivity contribution in [2.45, 2.75) is 42.2 Å². The number of ether oxygens (including phenoxy) is 6. The summed E-state index contributed by atoms with van der Waals surface area (Å²) in [5.41, 5.74) is 0.234. The highest BCUT2D eigenvalue weighted by atomic mass is 16.6. The zero-order valence-corrected chi connectivity index (χ0v) is 39.7. The van der Waals surface area contributed by atoms with E-state index in [1.807, 2.05) is 65.6 Å². The number of morpholine rings is 1. The number of rotatable bonds is 16. The molecule has 72 heavy (non-hydrogen) atoms. The first kappa shape index (κ1) is 50.5. The minimum atomic E-state index is -2.24. The number of hydrogen-bond donors (Lipinski definition) is 3. The molecule has 3 aliphatic rings. The lowest BCUT2D eigenvalue weighted by atomic mass is 9.65. The number of carbonyl (C=O) groups excluding carboxylic acids is 6. The smallest absolute Gasteiger partial charge is 0.421 e. The molecular weight excluding hydrogens is 927 g/mol. The second kappa shape index (κ2) is 22.5. The zero-order valence-electron chi connectivity index (χ0n) is 39.7. The minimum Gasteiger partial charge on any atom is -0.491 e. The van der Waals surface area contributed by atoms with Crippen molar-refractivity contribution in [2.75, 3.05) is 59.2 Å². The summed E-state index contributed by atoms with van der Waals surface area (Å²) in [5, 5.41) is 24.1. The average molecular weight is 980 g/mol. The van der Waals surface area contributed by atoms with Crippen LogP contribution in [0.15, 0.2) is 133 Å². The molecule has 17 heteroatoms. The SMILES string of the molecule is COCCOC(=O)N1C(=O)[C@@]2(c3cc(C#CCC(C(=O)OC)C(=O)OC)ccc31)[C@H](C(=O)NC[C@H](O)c1ccccc1)[C@H]1C(=O)O[C@H](c3ccccc3)[C@H](c3ccccc3)N1[C@@H]2c1cccc(OCCO)c1. The van der Waals surface area contributed by atoms with E-state index in [1.54, 1.807) is 60.7 Å². The highest BCUT2D eigenvalue weighted by molar-refractivity contribution is 6.23. The molecule has 3 amide bonds. The third kappa shape index (κ3) is 9.64. The maximum Gasteiger partial charge on any atom is 0.421 e. The zero-order chi connectivity index (χ0) is 50.9. The largest absolute Gasteiger partial charge is 0.491 e. The van der Waals surface area contributed by atoms with Crippen LogP contribution in [0.2, 0.25) is 0 Å². The van der Waals surface area contributed by atoms with Crippen LogP contribution in [-0.2, 0) is 53.1 Å². The first-order chi connectivity index (χ1) is 35.0. The number of hydrogen-bond acceptors (Lipinski definition) is 15. The van der Waals surface area contributed by atoms with Crippen LogP contribution in [0.1, 0.15) is 64.1 Å². The van der Waals surface area contributed by atoms with Crippen LogP contribution in [0.4, 0.5) is 10.5 Å². The molecular formula is C55H53N3O14. The number of carbonyl (C=O) groups is 6. The molecule has 0 bridgehead atoms. The van der Waals surface area contributed by atoms with E-state index in [9.17, 15) is 24.6 Å². The van der Waals surface area contributed by atoms with Crippen LogP contribution >= 0.6 is 0 Å². The molecule has 3 heterocycles. The lowest BCUT2D eigenvalue weighted by Crippen LogP contribution is -2.56. The van der Waals surface area contributed by atoms with E-state index < -0.39 is 83.4 Å². The van der Waals surface area contributed by atoms with Crippen molar-refractivity contribution < 1.29 is 67.4 Å². The molecule has 3 N–H and O–H groups in total. The summed E-state index contributed by atoms with van der Waals surface area (Å²) >= 11 is 0. The van der Waals surface area contributed by atoms with Gasteiger partial charge in [-0.3, -0.25) is 28.9 Å². The van der Waals surface area contributed by atoms with Gasteiger partial charge in [0.05, 0.1) is 57.2 Å². The molecule has 372 valence electrons. The van der Waals surface area contributed by atoms with Gasteiger partial charge in [0.1, 0.15) is 36.5 Å². The standard InChI is InChI=1S/C55H53N3O14/c1-67-29-30-71-54(66)57-42-26-25-34(15-13-24-40(50(62)68-2)51(63)69-3)31-41(42)55(53(57)65)44(49(61)56-33-43(60)35-16-7-4-8-17-35)46-52(64)72-47(37-20-11-6-12-21-37)45(36-18-9-5-10-19-36)58(46)48(55)38-22-14-23-39(32-38)70-28-27-59/h4-12,14,16-23,25-26,31-32,40,43-48,59-60H,24,27-30,33H2,1-3H3,(H,56,61)/t43-,44-,45-,46-,47+,48+,55-/m0/s1. The number of cyclic esters (lactones) is 1. The molecule has 2 fully saturated rings. The third-order valence-electron chi connectivity index (χ3n) is 13.1. The summed E-state index contributed by atoms with van der Waals surface area (Å²) in [7, 11) is 3.68. The van der Waals surface area contributed by atoms with E-state index in [4.69, 9.17) is 28.4 Å². The summed E-state index contributed by atoms with van der Waals surface area (Å²) < 4.78 is 33.0. The van der Waals surface area contributed by atoms with Crippen LogP contribution in [0.5, 0.6) is 5.75 Å². The van der Waals surface area contributed by atoms with E-state index in [2.05, 4.69) is 17.2 Å². The molecule has 0 aliphatic carbocycles. The van der Waals surface area contributed by atoms with Crippen molar-refractivity contribution in [3.05, 3.63) is 167 Å². The fraction of sp³-hybridized carbons (Fsp3) is 0.309. The highest BCUT2D eigenvalue weighted by Crippen LogP contribution is 2.66. The predicted molar refractivity (Wildman–Crippen MR) is 258 cm³/mol. The number of anilines is 1. The molecule has 17 nitrogen and oxygen atoms in total. The molecule has 1 spiro atoms. The highest BCUT2D eigenvalue weighted by Gasteiger charge is 2.76. The van der Waals surface area contributed by atoms with Gasteiger partial charge >= 0.3 is 24.0 Å². The quantitative estimate of drug-likeness (QED) is 0.0387. The van der Waals surface area contributed by atoms with Gasteiger partial charge in [0.25, 0.3) is 0 Å². The Morgan fingerprint density at radius 2 is 1.42 bits per heavy atom. The van der Waals surface area contributed by atoms with Crippen LogP contribution in [0, 0.1) is 23.7 Å². The monoisotopic (exact) mass is 979 g/mol. The number of methoxy groups -OCH3 is 3. The van der Waals surface area contributed by atoms with E-state index in [1.165, 1.54) is 19.2 Å². The summed E-state index contributed by atoms with van der Waals surface area (Å²) in [6, 6.07) is 34.4. The Hall–Kier alpha value is -7.88. The molecule has 2 saturated heterocycles. The number of aliphatic hydroxyl groups is 2. The number of imide groups is 1. The van der Waals surface area contributed by atoms with Crippen molar-refractivity contribution >= 4 is 41.5 Å². The Morgan fingerprint density at radius 3 is 2.07 bits per heavy atom. The summed E-state index contributed by atoms with van der Waals surface area (Å²) in [6.45, 7) is -1.03. The van der Waals surface area contributed by atoms with Gasteiger partial charge in [-0.1, -0.05) is 115 Å². The van der Waals surface area contributed by atoms with Crippen molar-refractivity contribution in [1.82, 2.24) is 10.2 Å². The number of aliphatic hydroxyl groups excluding tert-OH is 2. The number of amides is 3. The van der Waals surface area contributed by atoms with Crippen molar-refractivity contribution in [2.24, 2.45) is 11.8 Å². The Bertz CT molecular complexity index is 2840. The number of nitrogens with zero attached hydrogens (tertiary/aromatic N) is 2. The summed E-state index contributed by atoms with van der Waals surface area (Å²) in [6.07, 6.45) is -3.66. The lowest BCUT2D eigenvalue weighted by Gasteiger charge is -2.46. The normalized spacial score (nSPS) is 21.4. The molecule has 3 aliphatic heterocycles. The molecule has 5 aromatic carbocycles. The van der Waals surface area contributed by atoms with E-state index >= 15 is 14.4 Å². The van der Waals surface area contributed by atoms with Crippen LogP contribution in [0.25, 0.3) is 0 Å². The first-order valence-electron chi connectivity index (χ1n) is 23.2. The Balaban J connectivity index is 1.43. The lowest BCUT2D eigenvalue weighted by molar-refractivity contribution is -0.178. The number of benzene rings is 5. The van der Waals surface area contributed by atoms with Gasteiger partial charge in [0, 0.05) is 25.6 Å². The topological polar surface area (TPSA) is 217 Å². The number of nitrogens with one attached hydrogen (secondary N) is 1. The molecule has 0 saturated carbocycles. The van der Waals surface area contributed by atoms with Gasteiger partial charge < -0.3 is 44.0 Å². The van der Waals surface area contributed by atoms with Crippen LogP contribution in [0.3, 0.4) is 0 Å². The van der Waals surface area contributed by atoms with Gasteiger partial charge in [0.15, 0.2) is 5.92 Å². The third-order valence-corrected chi connectivity index (χ3v) is 13.1. The maximum absolute atomic E-state index is 16.4. The van der Waals surface area contributed by atoms with E-state index in [-0.39, 0.29) is 62.0 Å². The Morgan fingerprint density at radius 1 is 0.764 bits per heavy atom. The van der Waals surface area contributed by atoms with Crippen molar-refractivity contribution in [3.8, 4) is 17.6 Å². The van der Waals surface area contributed by atoms with Crippen LogP contribution < -0.4 is 15.0 Å². The molecule has 5 aromatic rings. The predicted octanol–water partition coefficient (Wildman–Crippen LogP) is 5.06. The fourth-order valence-electron chi connectivity index (χ4n) is 10.1. The van der Waals surface area contributed by atoms with E-state index in [0.717, 1.165) is 19.1 Å². The van der Waals surface area contributed by atoms with Gasteiger partial charge in [0.2, 0.25) is 11.8 Å². The fourth-order valence-corrected chi connectivity index (χ4v) is 10.1. The molecule has 0 aromatic heterocycles. The second-order valence-electron chi connectivity index (χ2n) is 17.2. The number of esters is 3. The molecule has 7 atom stereocenters. The maximum atomic E-state index is 16.4. The molecule has 8 rings (SSSR count). The average Bonchev–Trinajstić information content (AvgIpc) is 3.87. The van der Waals surface area contributed by atoms with Gasteiger partial charge in [-0.15, -0.1) is 0 Å². The molecule has 0 radical (unpaired) electrons. The number of fused-ring (bicyclic) bond motifs is 3. The summed E-state index contributed by atoms with van der Waals surface area (Å²) in [5.74, 6) is -1.33. The second-order valence-corrected chi connectivity index (χ2v) is 17.2. The van der Waals surface area contributed by atoms with Crippen molar-refractivity contribution in [1.29, 1.82) is 0 Å². The molecule has 0 unspecified atom stereocenters. The minimum absolute atomic E-state index is 0.0128. The van der Waals surface area contributed by atoms with Gasteiger partial charge in [-0.25, -0.2) is 9.69 Å². The van der Waals surface area contributed by atoms with Crippen LogP contribution in [-0.4, -0.2) is 111 Å². The van der Waals surface area contributed by atoms with Gasteiger partial charge in [-0.05, 0) is 58.1 Å². The Kier molecular flexibility index (Phi) is 15.8.